The van der Waals surface area contributed by atoms with Gasteiger partial charge in [0.2, 0.25) is 5.91 Å². The molecule has 2 aromatic rings. The number of amides is 2. The second-order valence-electron chi connectivity index (χ2n) is 5.93. The highest BCUT2D eigenvalue weighted by molar-refractivity contribution is 5.97. The van der Waals surface area contributed by atoms with Crippen molar-refractivity contribution < 1.29 is 23.9 Å². The van der Waals surface area contributed by atoms with Crippen molar-refractivity contribution in [2.24, 2.45) is 0 Å². The smallest absolute Gasteiger partial charge is 0.331 e. The van der Waals surface area contributed by atoms with Crippen LogP contribution in [0.1, 0.15) is 34.5 Å². The Balaban J connectivity index is 1.79. The maximum absolute atomic E-state index is 12.8. The lowest BCUT2D eigenvalue weighted by atomic mass is 9.92. The van der Waals surface area contributed by atoms with Gasteiger partial charge in [0.05, 0.1) is 11.8 Å². The molecule has 1 aliphatic heterocycles. The molecule has 0 saturated heterocycles. The summed E-state index contributed by atoms with van der Waals surface area (Å²) < 4.78 is 4.85. The molecule has 2 unspecified atom stereocenters. The van der Waals surface area contributed by atoms with E-state index in [1.807, 2.05) is 12.1 Å². The van der Waals surface area contributed by atoms with Crippen LogP contribution >= 0.6 is 0 Å². The summed E-state index contributed by atoms with van der Waals surface area (Å²) >= 11 is 0. The lowest BCUT2D eigenvalue weighted by Gasteiger charge is -2.36. The second kappa shape index (κ2) is 6.80. The number of carbonyl (C=O) groups is 3. The zero-order chi connectivity index (χ0) is 18.0. The van der Waals surface area contributed by atoms with Gasteiger partial charge in [-0.05, 0) is 30.5 Å². The molecule has 3 rings (SSSR count). The van der Waals surface area contributed by atoms with Crippen molar-refractivity contribution in [2.45, 2.75) is 25.4 Å². The Morgan fingerprint density at radius 1 is 1.28 bits per heavy atom. The van der Waals surface area contributed by atoms with Crippen molar-refractivity contribution in [1.82, 2.24) is 10.2 Å². The second-order valence-corrected chi connectivity index (χ2v) is 5.93. The molecular formula is C18H18N2O5. The summed E-state index contributed by atoms with van der Waals surface area (Å²) in [5.41, 5.74) is 1.84. The fourth-order valence-electron chi connectivity index (χ4n) is 3.05. The number of hydrogen-bond acceptors (Lipinski definition) is 4. The van der Waals surface area contributed by atoms with Crippen molar-refractivity contribution >= 4 is 17.8 Å². The average molecular weight is 342 g/mol. The molecule has 0 bridgehead atoms. The molecule has 0 spiro atoms. The van der Waals surface area contributed by atoms with Crippen LogP contribution in [-0.2, 0) is 16.0 Å². The SMILES string of the molecule is CC(NC(=O)c1ccoc1)C(=O)N1CCc2ccccc2C1C(=O)O. The lowest BCUT2D eigenvalue weighted by Crippen LogP contribution is -2.51. The lowest BCUT2D eigenvalue weighted by molar-refractivity contribution is -0.151. The molecule has 2 amide bonds. The van der Waals surface area contributed by atoms with Gasteiger partial charge in [0.25, 0.3) is 5.91 Å². The third-order valence-corrected chi connectivity index (χ3v) is 4.30. The highest BCUT2D eigenvalue weighted by atomic mass is 16.4. The predicted molar refractivity (Wildman–Crippen MR) is 87.9 cm³/mol. The highest BCUT2D eigenvalue weighted by Gasteiger charge is 2.37. The molecule has 7 nitrogen and oxygen atoms in total. The maximum Gasteiger partial charge on any atom is 0.331 e. The van der Waals surface area contributed by atoms with Gasteiger partial charge in [-0.25, -0.2) is 4.79 Å². The van der Waals surface area contributed by atoms with E-state index in [1.54, 1.807) is 19.1 Å². The summed E-state index contributed by atoms with van der Waals surface area (Å²) in [5, 5.41) is 12.2. The highest BCUT2D eigenvalue weighted by Crippen LogP contribution is 2.30. The minimum Gasteiger partial charge on any atom is -0.479 e. The topological polar surface area (TPSA) is 99.9 Å². The quantitative estimate of drug-likeness (QED) is 0.879. The van der Waals surface area contributed by atoms with E-state index in [4.69, 9.17) is 4.42 Å². The van der Waals surface area contributed by atoms with Gasteiger partial charge in [0.1, 0.15) is 12.3 Å². The van der Waals surface area contributed by atoms with E-state index >= 15 is 0 Å². The first kappa shape index (κ1) is 16.8. The van der Waals surface area contributed by atoms with Crippen LogP contribution < -0.4 is 5.32 Å². The maximum atomic E-state index is 12.8. The Morgan fingerprint density at radius 3 is 2.72 bits per heavy atom. The third-order valence-electron chi connectivity index (χ3n) is 4.30. The van der Waals surface area contributed by atoms with Crippen molar-refractivity contribution in [3.63, 3.8) is 0 Å². The Morgan fingerprint density at radius 2 is 2.04 bits per heavy atom. The molecule has 1 aromatic carbocycles. The van der Waals surface area contributed by atoms with Gasteiger partial charge < -0.3 is 19.7 Å². The minimum atomic E-state index is -1.09. The molecule has 1 aromatic heterocycles. The van der Waals surface area contributed by atoms with Gasteiger partial charge in [-0.1, -0.05) is 24.3 Å². The number of carboxylic acid groups (broad SMARTS) is 1. The third kappa shape index (κ3) is 3.26. The average Bonchev–Trinajstić information content (AvgIpc) is 3.14. The molecule has 0 saturated carbocycles. The van der Waals surface area contributed by atoms with E-state index in [0.29, 0.717) is 24.1 Å². The first-order valence-electron chi connectivity index (χ1n) is 7.93. The molecule has 0 aliphatic carbocycles. The van der Waals surface area contributed by atoms with Gasteiger partial charge in [-0.3, -0.25) is 9.59 Å². The molecule has 7 heteroatoms. The first-order valence-corrected chi connectivity index (χ1v) is 7.93. The van der Waals surface area contributed by atoms with Crippen LogP contribution in [0.25, 0.3) is 0 Å². The number of nitrogens with one attached hydrogen (secondary N) is 1. The summed E-state index contributed by atoms with van der Waals surface area (Å²) in [7, 11) is 0. The molecular weight excluding hydrogens is 324 g/mol. The summed E-state index contributed by atoms with van der Waals surface area (Å²) in [5.74, 6) is -1.97. The number of benzene rings is 1. The van der Waals surface area contributed by atoms with Crippen LogP contribution in [0.4, 0.5) is 0 Å². The summed E-state index contributed by atoms with van der Waals surface area (Å²) in [4.78, 5) is 37.9. The van der Waals surface area contributed by atoms with E-state index in [1.165, 1.54) is 23.5 Å². The van der Waals surface area contributed by atoms with Crippen LogP contribution in [0.3, 0.4) is 0 Å². The number of furan rings is 1. The standard InChI is InChI=1S/C18H18N2O5/c1-11(19-16(21)13-7-9-25-10-13)17(22)20-8-6-12-4-2-3-5-14(12)15(20)18(23)24/h2-5,7,9-11,15H,6,8H2,1H3,(H,19,21)(H,23,24). The molecule has 2 atom stereocenters. The van der Waals surface area contributed by atoms with Gasteiger partial charge in [0, 0.05) is 6.54 Å². The monoisotopic (exact) mass is 342 g/mol. The number of hydrogen-bond donors (Lipinski definition) is 2. The van der Waals surface area contributed by atoms with Crippen LogP contribution in [0.2, 0.25) is 0 Å². The molecule has 130 valence electrons. The molecule has 2 N–H and O–H groups in total. The normalized spacial score (nSPS) is 17.5. The fraction of sp³-hybridized carbons (Fsp3) is 0.278. The van der Waals surface area contributed by atoms with Gasteiger partial charge in [0.15, 0.2) is 6.04 Å². The van der Waals surface area contributed by atoms with Crippen molar-refractivity contribution in [2.75, 3.05) is 6.54 Å². The van der Waals surface area contributed by atoms with Crippen LogP contribution in [0.5, 0.6) is 0 Å². The zero-order valence-corrected chi connectivity index (χ0v) is 13.6. The Kier molecular flexibility index (Phi) is 4.56. The summed E-state index contributed by atoms with van der Waals surface area (Å²) in [6, 6.07) is 6.79. The molecule has 25 heavy (non-hydrogen) atoms. The summed E-state index contributed by atoms with van der Waals surface area (Å²) in [6.07, 6.45) is 3.22. The van der Waals surface area contributed by atoms with E-state index in [-0.39, 0.29) is 0 Å². The number of carboxylic acids is 1. The molecule has 0 fully saturated rings. The number of rotatable bonds is 4. The van der Waals surface area contributed by atoms with Crippen molar-refractivity contribution in [1.29, 1.82) is 0 Å². The van der Waals surface area contributed by atoms with E-state index < -0.39 is 29.9 Å². The zero-order valence-electron chi connectivity index (χ0n) is 13.6. The van der Waals surface area contributed by atoms with Gasteiger partial charge >= 0.3 is 5.97 Å². The Labute approximate surface area is 144 Å². The largest absolute Gasteiger partial charge is 0.479 e. The number of carbonyl (C=O) groups excluding carboxylic acids is 2. The minimum absolute atomic E-state index is 0.290. The van der Waals surface area contributed by atoms with E-state index in [2.05, 4.69) is 5.32 Å². The van der Waals surface area contributed by atoms with Crippen LogP contribution in [-0.4, -0.2) is 40.4 Å². The number of fused-ring (bicyclic) bond motifs is 1. The number of nitrogens with zero attached hydrogens (tertiary/aromatic N) is 1. The number of aliphatic carboxylic acids is 1. The van der Waals surface area contributed by atoms with E-state index in [9.17, 15) is 19.5 Å². The summed E-state index contributed by atoms with van der Waals surface area (Å²) in [6.45, 7) is 1.83. The van der Waals surface area contributed by atoms with Crippen molar-refractivity contribution in [3.05, 3.63) is 59.5 Å². The van der Waals surface area contributed by atoms with E-state index in [0.717, 1.165) is 5.56 Å². The molecule has 2 heterocycles. The predicted octanol–water partition coefficient (Wildman–Crippen LogP) is 1.61. The van der Waals surface area contributed by atoms with Crippen molar-refractivity contribution in [3.8, 4) is 0 Å². The van der Waals surface area contributed by atoms with Crippen LogP contribution in [0, 0.1) is 0 Å². The van der Waals surface area contributed by atoms with Gasteiger partial charge in [-0.2, -0.15) is 0 Å². The molecule has 1 aliphatic rings. The first-order chi connectivity index (χ1) is 12.0. The molecule has 0 radical (unpaired) electrons. The Hall–Kier alpha value is -3.09. The van der Waals surface area contributed by atoms with Gasteiger partial charge in [-0.15, -0.1) is 0 Å². The Bertz CT molecular complexity index is 800. The van der Waals surface area contributed by atoms with Crippen LogP contribution in [0.15, 0.2) is 47.3 Å². The fourth-order valence-corrected chi connectivity index (χ4v) is 3.05.